The average molecular weight is 384 g/mol. The zero-order valence-corrected chi connectivity index (χ0v) is 15.2. The van der Waals surface area contributed by atoms with E-state index >= 15 is 0 Å². The number of hydrogen-bond acceptors (Lipinski definition) is 5. The molecule has 0 aliphatic heterocycles. The van der Waals surface area contributed by atoms with Crippen molar-refractivity contribution in [2.75, 3.05) is 18.1 Å². The monoisotopic (exact) mass is 384 g/mol. The van der Waals surface area contributed by atoms with Crippen molar-refractivity contribution in [3.05, 3.63) is 70.1 Å². The highest BCUT2D eigenvalue weighted by atomic mass is 19.1. The van der Waals surface area contributed by atoms with Gasteiger partial charge in [-0.2, -0.15) is 0 Å². The van der Waals surface area contributed by atoms with Crippen LogP contribution in [0.1, 0.15) is 5.56 Å². The zero-order chi connectivity index (χ0) is 20.4. The normalized spacial score (nSPS) is 10.6. The van der Waals surface area contributed by atoms with Gasteiger partial charge in [-0.1, -0.05) is 0 Å². The molecule has 2 aromatic carbocycles. The van der Waals surface area contributed by atoms with Gasteiger partial charge in [0.05, 0.1) is 0 Å². The molecule has 1 aromatic heterocycles. The maximum absolute atomic E-state index is 14.0. The van der Waals surface area contributed by atoms with E-state index in [1.54, 1.807) is 38.5 Å². The average Bonchev–Trinajstić information content (AvgIpc) is 2.66. The summed E-state index contributed by atoms with van der Waals surface area (Å²) >= 11 is 0. The standard InChI is InChI=1S/C20H18F2N4O2/c1-25-19-14(9-23)15(10-26(2)20(19)27)13-8-12(24)4-6-17(13)28-18-5-3-11(21)7-16(18)22/h3-10,23,25H,24H2,1-2H3. The van der Waals surface area contributed by atoms with Gasteiger partial charge in [0, 0.05) is 55.0 Å². The van der Waals surface area contributed by atoms with Gasteiger partial charge in [0.25, 0.3) is 5.56 Å². The Kier molecular flexibility index (Phi) is 5.12. The molecule has 144 valence electrons. The first-order chi connectivity index (χ1) is 13.3. The van der Waals surface area contributed by atoms with Crippen molar-refractivity contribution < 1.29 is 13.5 Å². The number of hydrogen-bond donors (Lipinski definition) is 3. The second-order valence-corrected chi connectivity index (χ2v) is 6.07. The topological polar surface area (TPSA) is 93.1 Å². The van der Waals surface area contributed by atoms with E-state index < -0.39 is 11.6 Å². The summed E-state index contributed by atoms with van der Waals surface area (Å²) in [5.41, 5.74) is 7.54. The van der Waals surface area contributed by atoms with E-state index in [0.29, 0.717) is 22.4 Å². The zero-order valence-electron chi connectivity index (χ0n) is 15.2. The third-order valence-corrected chi connectivity index (χ3v) is 4.22. The summed E-state index contributed by atoms with van der Waals surface area (Å²) in [5, 5.41) is 10.6. The van der Waals surface area contributed by atoms with Crippen LogP contribution in [0.5, 0.6) is 11.5 Å². The molecule has 3 aromatic rings. The molecular weight excluding hydrogens is 366 g/mol. The predicted octanol–water partition coefficient (Wildman–Crippen LogP) is 3.74. The number of nitrogens with one attached hydrogen (secondary N) is 2. The molecule has 6 nitrogen and oxygen atoms in total. The maximum atomic E-state index is 14.0. The smallest absolute Gasteiger partial charge is 0.274 e. The lowest BCUT2D eigenvalue weighted by atomic mass is 9.99. The second kappa shape index (κ2) is 7.51. The summed E-state index contributed by atoms with van der Waals surface area (Å²) in [4.78, 5) is 12.3. The SMILES string of the molecule is CNc1c(C=N)c(-c2cc(N)ccc2Oc2ccc(F)cc2F)cn(C)c1=O. The van der Waals surface area contributed by atoms with E-state index in [2.05, 4.69) is 5.32 Å². The van der Waals surface area contributed by atoms with Gasteiger partial charge < -0.3 is 25.8 Å². The molecule has 0 amide bonds. The van der Waals surface area contributed by atoms with Crippen molar-refractivity contribution in [1.82, 2.24) is 4.57 Å². The number of pyridine rings is 1. The molecule has 0 saturated heterocycles. The number of aromatic nitrogens is 1. The van der Waals surface area contributed by atoms with Gasteiger partial charge >= 0.3 is 0 Å². The summed E-state index contributed by atoms with van der Waals surface area (Å²) in [6, 6.07) is 7.71. The molecule has 1 heterocycles. The van der Waals surface area contributed by atoms with Gasteiger partial charge in [0.1, 0.15) is 17.3 Å². The Balaban J connectivity index is 2.23. The predicted molar refractivity (Wildman–Crippen MR) is 105 cm³/mol. The number of halogens is 2. The highest BCUT2D eigenvalue weighted by molar-refractivity contribution is 5.96. The van der Waals surface area contributed by atoms with Crippen molar-refractivity contribution in [2.45, 2.75) is 0 Å². The molecule has 0 atom stereocenters. The Morgan fingerprint density at radius 1 is 1.14 bits per heavy atom. The Morgan fingerprint density at radius 2 is 1.86 bits per heavy atom. The van der Waals surface area contributed by atoms with Crippen LogP contribution in [0.25, 0.3) is 11.1 Å². The summed E-state index contributed by atoms with van der Waals surface area (Å²) in [6.07, 6.45) is 2.60. The van der Waals surface area contributed by atoms with Crippen molar-refractivity contribution in [2.24, 2.45) is 7.05 Å². The Morgan fingerprint density at radius 3 is 2.50 bits per heavy atom. The number of nitrogen functional groups attached to an aromatic ring is 1. The van der Waals surface area contributed by atoms with Gasteiger partial charge in [-0.05, 0) is 30.3 Å². The molecular formula is C20H18F2N4O2. The lowest BCUT2D eigenvalue weighted by molar-refractivity contribution is 0.439. The Labute approximate surface area is 159 Å². The molecule has 8 heteroatoms. The molecule has 0 saturated carbocycles. The number of rotatable bonds is 5. The molecule has 28 heavy (non-hydrogen) atoms. The van der Waals surface area contributed by atoms with Gasteiger partial charge in [-0.3, -0.25) is 4.79 Å². The van der Waals surface area contributed by atoms with E-state index in [9.17, 15) is 13.6 Å². The quantitative estimate of drug-likeness (QED) is 0.461. The molecule has 0 aliphatic rings. The van der Waals surface area contributed by atoms with Crippen LogP contribution in [0.4, 0.5) is 20.2 Å². The molecule has 0 fully saturated rings. The van der Waals surface area contributed by atoms with Crippen LogP contribution < -0.4 is 21.3 Å². The first-order valence-corrected chi connectivity index (χ1v) is 8.30. The minimum Gasteiger partial charge on any atom is -0.454 e. The number of anilines is 2. The molecule has 4 N–H and O–H groups in total. The molecule has 0 aliphatic carbocycles. The van der Waals surface area contributed by atoms with Crippen LogP contribution in [0, 0.1) is 17.0 Å². The van der Waals surface area contributed by atoms with Crippen molar-refractivity contribution in [1.29, 1.82) is 5.41 Å². The van der Waals surface area contributed by atoms with Crippen LogP contribution in [-0.2, 0) is 7.05 Å². The fraction of sp³-hybridized carbons (Fsp3) is 0.100. The third kappa shape index (κ3) is 3.44. The minimum atomic E-state index is -0.855. The Hall–Kier alpha value is -3.68. The van der Waals surface area contributed by atoms with Crippen LogP contribution >= 0.6 is 0 Å². The van der Waals surface area contributed by atoms with Crippen LogP contribution in [0.2, 0.25) is 0 Å². The van der Waals surface area contributed by atoms with Crippen LogP contribution in [-0.4, -0.2) is 17.8 Å². The summed E-state index contributed by atoms with van der Waals surface area (Å²) < 4.78 is 34.2. The number of nitrogens with zero attached hydrogens (tertiary/aromatic N) is 1. The molecule has 0 radical (unpaired) electrons. The fourth-order valence-corrected chi connectivity index (χ4v) is 2.88. The summed E-state index contributed by atoms with van der Waals surface area (Å²) in [6.45, 7) is 0. The van der Waals surface area contributed by atoms with Gasteiger partial charge in [-0.25, -0.2) is 8.78 Å². The van der Waals surface area contributed by atoms with Crippen LogP contribution in [0.15, 0.2) is 47.4 Å². The fourth-order valence-electron chi connectivity index (χ4n) is 2.88. The Bertz CT molecular complexity index is 1130. The highest BCUT2D eigenvalue weighted by Gasteiger charge is 2.18. The van der Waals surface area contributed by atoms with Crippen molar-refractivity contribution in [3.8, 4) is 22.6 Å². The number of benzene rings is 2. The van der Waals surface area contributed by atoms with E-state index in [-0.39, 0.29) is 22.7 Å². The molecule has 0 unspecified atom stereocenters. The first kappa shape index (κ1) is 19.1. The number of aryl methyl sites for hydroxylation is 1. The van der Waals surface area contributed by atoms with Gasteiger partial charge in [0.15, 0.2) is 11.6 Å². The number of ether oxygens (including phenoxy) is 1. The van der Waals surface area contributed by atoms with Crippen LogP contribution in [0.3, 0.4) is 0 Å². The molecule has 3 rings (SSSR count). The van der Waals surface area contributed by atoms with Crippen molar-refractivity contribution in [3.63, 3.8) is 0 Å². The van der Waals surface area contributed by atoms with Gasteiger partial charge in [-0.15, -0.1) is 0 Å². The summed E-state index contributed by atoms with van der Waals surface area (Å²) in [7, 11) is 3.16. The molecule has 0 spiro atoms. The van der Waals surface area contributed by atoms with E-state index in [0.717, 1.165) is 18.3 Å². The minimum absolute atomic E-state index is 0.164. The van der Waals surface area contributed by atoms with Gasteiger partial charge in [0.2, 0.25) is 0 Å². The molecule has 0 bridgehead atoms. The lowest BCUT2D eigenvalue weighted by Crippen LogP contribution is -2.22. The van der Waals surface area contributed by atoms with E-state index in [1.807, 2.05) is 0 Å². The largest absolute Gasteiger partial charge is 0.454 e. The summed E-state index contributed by atoms with van der Waals surface area (Å²) in [5.74, 6) is -1.50. The van der Waals surface area contributed by atoms with Crippen molar-refractivity contribution >= 4 is 17.6 Å². The van der Waals surface area contributed by atoms with E-state index in [1.165, 1.54) is 10.6 Å². The van der Waals surface area contributed by atoms with E-state index in [4.69, 9.17) is 15.9 Å². The number of nitrogens with two attached hydrogens (primary N) is 1. The highest BCUT2D eigenvalue weighted by Crippen LogP contribution is 2.38. The third-order valence-electron chi connectivity index (χ3n) is 4.22. The lowest BCUT2D eigenvalue weighted by Gasteiger charge is -2.17. The second-order valence-electron chi connectivity index (χ2n) is 6.07. The maximum Gasteiger partial charge on any atom is 0.274 e. The first-order valence-electron chi connectivity index (χ1n) is 8.30.